The van der Waals surface area contributed by atoms with E-state index in [1.807, 2.05) is 49.4 Å². The summed E-state index contributed by atoms with van der Waals surface area (Å²) in [4.78, 5) is 6.68. The van der Waals surface area contributed by atoms with Crippen LogP contribution in [0, 0.1) is 18.3 Å². The number of pyridine rings is 1. The van der Waals surface area contributed by atoms with Gasteiger partial charge >= 0.3 is 0 Å². The third-order valence-corrected chi connectivity index (χ3v) is 3.05. The smallest absolute Gasteiger partial charge is 0.101 e. The summed E-state index contributed by atoms with van der Waals surface area (Å²) in [7, 11) is 0. The third kappa shape index (κ3) is 3.11. The first-order chi connectivity index (χ1) is 9.24. The summed E-state index contributed by atoms with van der Waals surface area (Å²) in [5.41, 5.74) is 3.71. The molecule has 0 saturated heterocycles. The predicted molar refractivity (Wildman–Crippen MR) is 76.9 cm³/mol. The molecule has 0 saturated carbocycles. The number of aryl methyl sites for hydroxylation is 1. The van der Waals surface area contributed by atoms with E-state index in [-0.39, 0.29) is 0 Å². The normalized spacial score (nSPS) is 9.95. The first-order valence-electron chi connectivity index (χ1n) is 6.41. The Bertz CT molecular complexity index is 599. The summed E-state index contributed by atoms with van der Waals surface area (Å²) in [6, 6.07) is 16.0. The molecule has 96 valence electrons. The maximum Gasteiger partial charge on any atom is 0.101 e. The fourth-order valence-corrected chi connectivity index (χ4v) is 2.09. The van der Waals surface area contributed by atoms with Crippen molar-refractivity contribution < 1.29 is 0 Å². The maximum absolute atomic E-state index is 9.18. The molecule has 3 heteroatoms. The van der Waals surface area contributed by atoms with Crippen LogP contribution in [0.25, 0.3) is 0 Å². The van der Waals surface area contributed by atoms with Gasteiger partial charge in [-0.05, 0) is 38.1 Å². The van der Waals surface area contributed by atoms with Crippen LogP contribution >= 0.6 is 0 Å². The van der Waals surface area contributed by atoms with E-state index in [9.17, 15) is 5.26 Å². The highest BCUT2D eigenvalue weighted by molar-refractivity contribution is 5.59. The molecule has 1 aromatic carbocycles. The van der Waals surface area contributed by atoms with Crippen molar-refractivity contribution in [2.75, 3.05) is 11.4 Å². The zero-order valence-corrected chi connectivity index (χ0v) is 11.3. The molecule has 0 spiro atoms. The molecule has 0 fully saturated rings. The second-order valence-electron chi connectivity index (χ2n) is 4.41. The van der Waals surface area contributed by atoms with E-state index in [4.69, 9.17) is 0 Å². The number of benzene rings is 1. The van der Waals surface area contributed by atoms with Gasteiger partial charge in [0.05, 0.1) is 23.5 Å². The molecule has 1 aromatic heterocycles. The Morgan fingerprint density at radius 2 is 1.95 bits per heavy atom. The van der Waals surface area contributed by atoms with Gasteiger partial charge in [-0.15, -0.1) is 0 Å². The molecule has 0 radical (unpaired) electrons. The summed E-state index contributed by atoms with van der Waals surface area (Å²) in [6.45, 7) is 5.64. The van der Waals surface area contributed by atoms with E-state index < -0.39 is 0 Å². The van der Waals surface area contributed by atoms with Crippen molar-refractivity contribution in [3.63, 3.8) is 0 Å². The Morgan fingerprint density at radius 3 is 2.63 bits per heavy atom. The van der Waals surface area contributed by atoms with E-state index >= 15 is 0 Å². The molecular weight excluding hydrogens is 234 g/mol. The molecular formula is C16H17N3. The fraction of sp³-hybridized carbons (Fsp3) is 0.250. The van der Waals surface area contributed by atoms with Crippen molar-refractivity contribution in [2.45, 2.75) is 20.4 Å². The Balaban J connectivity index is 2.28. The Kier molecular flexibility index (Phi) is 4.15. The number of aromatic nitrogens is 1. The van der Waals surface area contributed by atoms with Gasteiger partial charge < -0.3 is 4.90 Å². The van der Waals surface area contributed by atoms with Crippen LogP contribution in [0.5, 0.6) is 0 Å². The van der Waals surface area contributed by atoms with Gasteiger partial charge in [0.1, 0.15) is 6.07 Å². The third-order valence-electron chi connectivity index (χ3n) is 3.05. The maximum atomic E-state index is 9.18. The van der Waals surface area contributed by atoms with E-state index in [1.165, 1.54) is 0 Å². The molecule has 0 N–H and O–H groups in total. The van der Waals surface area contributed by atoms with Crippen LogP contribution in [0.1, 0.15) is 23.9 Å². The Labute approximate surface area is 114 Å². The van der Waals surface area contributed by atoms with Crippen LogP contribution in [0.15, 0.2) is 42.5 Å². The lowest BCUT2D eigenvalue weighted by atomic mass is 10.1. The van der Waals surface area contributed by atoms with Crippen molar-refractivity contribution in [1.82, 2.24) is 4.98 Å². The summed E-state index contributed by atoms with van der Waals surface area (Å²) >= 11 is 0. The SMILES string of the molecule is CCN(Cc1cccc(C)n1)c1ccccc1C#N. The Hall–Kier alpha value is -2.34. The fourth-order valence-electron chi connectivity index (χ4n) is 2.09. The minimum absolute atomic E-state index is 0.706. The monoisotopic (exact) mass is 251 g/mol. The van der Waals surface area contributed by atoms with Gasteiger partial charge in [0.2, 0.25) is 0 Å². The molecule has 1 heterocycles. The van der Waals surface area contributed by atoms with Gasteiger partial charge in [-0.1, -0.05) is 18.2 Å². The lowest BCUT2D eigenvalue weighted by molar-refractivity contribution is 0.804. The van der Waals surface area contributed by atoms with Crippen LogP contribution in [-0.4, -0.2) is 11.5 Å². The van der Waals surface area contributed by atoms with Gasteiger partial charge in [0, 0.05) is 12.2 Å². The van der Waals surface area contributed by atoms with Crippen molar-refractivity contribution in [2.24, 2.45) is 0 Å². The highest BCUT2D eigenvalue weighted by atomic mass is 15.1. The number of hydrogen-bond acceptors (Lipinski definition) is 3. The van der Waals surface area contributed by atoms with Gasteiger partial charge in [-0.25, -0.2) is 0 Å². The van der Waals surface area contributed by atoms with Crippen LogP contribution in [-0.2, 0) is 6.54 Å². The summed E-state index contributed by atoms with van der Waals surface area (Å²) < 4.78 is 0. The highest BCUT2D eigenvalue weighted by Gasteiger charge is 2.10. The highest BCUT2D eigenvalue weighted by Crippen LogP contribution is 2.21. The molecule has 0 aliphatic heterocycles. The van der Waals surface area contributed by atoms with Crippen LogP contribution in [0.3, 0.4) is 0 Å². The molecule has 0 aliphatic carbocycles. The molecule has 0 unspecified atom stereocenters. The standard InChI is InChI=1S/C16H17N3/c1-3-19(12-15-9-6-7-13(2)18-15)16-10-5-4-8-14(16)11-17/h4-10H,3,12H2,1-2H3. The van der Waals surface area contributed by atoms with Crippen LogP contribution in [0.2, 0.25) is 0 Å². The largest absolute Gasteiger partial charge is 0.365 e. The van der Waals surface area contributed by atoms with E-state index in [2.05, 4.69) is 22.9 Å². The average Bonchev–Trinajstić information content (AvgIpc) is 2.45. The number of nitriles is 1. The number of rotatable bonds is 4. The number of para-hydroxylation sites is 1. The summed E-state index contributed by atoms with van der Waals surface area (Å²) in [6.07, 6.45) is 0. The molecule has 0 aliphatic rings. The first-order valence-corrected chi connectivity index (χ1v) is 6.41. The van der Waals surface area contributed by atoms with Gasteiger partial charge in [0.15, 0.2) is 0 Å². The number of anilines is 1. The minimum atomic E-state index is 0.706. The molecule has 2 aromatic rings. The quantitative estimate of drug-likeness (QED) is 0.837. The minimum Gasteiger partial charge on any atom is -0.365 e. The zero-order valence-electron chi connectivity index (χ0n) is 11.3. The number of hydrogen-bond donors (Lipinski definition) is 0. The second kappa shape index (κ2) is 6.01. The Morgan fingerprint density at radius 1 is 1.16 bits per heavy atom. The van der Waals surface area contributed by atoms with Crippen molar-refractivity contribution in [3.8, 4) is 6.07 Å². The van der Waals surface area contributed by atoms with Crippen LogP contribution in [0.4, 0.5) is 5.69 Å². The molecule has 3 nitrogen and oxygen atoms in total. The lowest BCUT2D eigenvalue weighted by Gasteiger charge is -2.23. The average molecular weight is 251 g/mol. The summed E-state index contributed by atoms with van der Waals surface area (Å²) in [5, 5.41) is 9.18. The first kappa shape index (κ1) is 13.1. The van der Waals surface area contributed by atoms with E-state index in [1.54, 1.807) is 0 Å². The lowest BCUT2D eigenvalue weighted by Crippen LogP contribution is -2.23. The molecule has 0 bridgehead atoms. The van der Waals surface area contributed by atoms with Gasteiger partial charge in [-0.3, -0.25) is 4.98 Å². The van der Waals surface area contributed by atoms with Gasteiger partial charge in [-0.2, -0.15) is 5.26 Å². The summed E-state index contributed by atoms with van der Waals surface area (Å²) in [5.74, 6) is 0. The molecule has 0 atom stereocenters. The van der Waals surface area contributed by atoms with Crippen molar-refractivity contribution in [1.29, 1.82) is 5.26 Å². The topological polar surface area (TPSA) is 39.9 Å². The van der Waals surface area contributed by atoms with Crippen molar-refractivity contribution in [3.05, 3.63) is 59.4 Å². The molecule has 19 heavy (non-hydrogen) atoms. The van der Waals surface area contributed by atoms with E-state index in [0.29, 0.717) is 5.56 Å². The zero-order chi connectivity index (χ0) is 13.7. The predicted octanol–water partition coefficient (Wildman–Crippen LogP) is 3.29. The number of nitrogens with zero attached hydrogens (tertiary/aromatic N) is 3. The van der Waals surface area contributed by atoms with Crippen molar-refractivity contribution >= 4 is 5.69 Å². The van der Waals surface area contributed by atoms with E-state index in [0.717, 1.165) is 30.2 Å². The molecule has 0 amide bonds. The van der Waals surface area contributed by atoms with Crippen LogP contribution < -0.4 is 4.90 Å². The second-order valence-corrected chi connectivity index (χ2v) is 4.41. The molecule has 2 rings (SSSR count). The van der Waals surface area contributed by atoms with Gasteiger partial charge in [0.25, 0.3) is 0 Å².